The molecule has 1 atom stereocenters. The zero-order valence-corrected chi connectivity index (χ0v) is 11.1. The Labute approximate surface area is 106 Å². The predicted molar refractivity (Wildman–Crippen MR) is 64.1 cm³/mol. The molecular formula is C11H20N2O5. The van der Waals surface area contributed by atoms with Crippen LogP contribution in [0.1, 0.15) is 34.1 Å². The van der Waals surface area contributed by atoms with Gasteiger partial charge >= 0.3 is 18.0 Å². The molecule has 0 bridgehead atoms. The van der Waals surface area contributed by atoms with Crippen LogP contribution in [-0.4, -0.2) is 41.3 Å². The molecule has 0 aromatic carbocycles. The van der Waals surface area contributed by atoms with E-state index in [0.29, 0.717) is 6.54 Å². The summed E-state index contributed by atoms with van der Waals surface area (Å²) in [6.45, 7) is 7.10. The maximum atomic E-state index is 11.5. The zero-order chi connectivity index (χ0) is 14.3. The van der Waals surface area contributed by atoms with E-state index >= 15 is 0 Å². The molecule has 0 aliphatic carbocycles. The zero-order valence-electron chi connectivity index (χ0n) is 11.1. The SMILES string of the molecule is CCNC(=O)N[C@@H](CC(=O)OC(C)(C)C)C(=O)O. The first-order valence-corrected chi connectivity index (χ1v) is 5.64. The van der Waals surface area contributed by atoms with Crippen molar-refractivity contribution in [1.29, 1.82) is 0 Å². The number of hydrogen-bond acceptors (Lipinski definition) is 4. The number of amides is 2. The molecule has 0 aromatic heterocycles. The number of rotatable bonds is 5. The highest BCUT2D eigenvalue weighted by atomic mass is 16.6. The number of nitrogens with one attached hydrogen (secondary N) is 2. The summed E-state index contributed by atoms with van der Waals surface area (Å²) < 4.78 is 4.99. The fraction of sp³-hybridized carbons (Fsp3) is 0.727. The van der Waals surface area contributed by atoms with Gasteiger partial charge in [-0.05, 0) is 27.7 Å². The van der Waals surface area contributed by atoms with Crippen LogP contribution in [-0.2, 0) is 14.3 Å². The fourth-order valence-electron chi connectivity index (χ4n) is 1.12. The topological polar surface area (TPSA) is 105 Å². The minimum atomic E-state index is -1.30. The number of ether oxygens (including phenoxy) is 1. The Hall–Kier alpha value is -1.79. The highest BCUT2D eigenvalue weighted by Gasteiger charge is 2.26. The van der Waals surface area contributed by atoms with Crippen LogP contribution in [0.5, 0.6) is 0 Å². The first-order chi connectivity index (χ1) is 8.15. The van der Waals surface area contributed by atoms with Gasteiger partial charge in [0.2, 0.25) is 0 Å². The highest BCUT2D eigenvalue weighted by Crippen LogP contribution is 2.09. The molecule has 0 aliphatic heterocycles. The second kappa shape index (κ2) is 6.83. The van der Waals surface area contributed by atoms with E-state index < -0.39 is 36.0 Å². The highest BCUT2D eigenvalue weighted by molar-refractivity contribution is 5.86. The Balaban J connectivity index is 4.41. The van der Waals surface area contributed by atoms with Crippen molar-refractivity contribution in [3.8, 4) is 0 Å². The fourth-order valence-corrected chi connectivity index (χ4v) is 1.12. The summed E-state index contributed by atoms with van der Waals surface area (Å²) in [4.78, 5) is 33.5. The molecule has 0 saturated carbocycles. The smallest absolute Gasteiger partial charge is 0.326 e. The summed E-state index contributed by atoms with van der Waals surface area (Å²) >= 11 is 0. The molecule has 0 aromatic rings. The van der Waals surface area contributed by atoms with Gasteiger partial charge in [0.1, 0.15) is 11.6 Å². The lowest BCUT2D eigenvalue weighted by atomic mass is 10.1. The second-order valence-corrected chi connectivity index (χ2v) is 4.69. The van der Waals surface area contributed by atoms with Crippen LogP contribution in [0.3, 0.4) is 0 Å². The molecule has 104 valence electrons. The lowest BCUT2D eigenvalue weighted by molar-refractivity contribution is -0.158. The number of urea groups is 1. The third-order valence-corrected chi connectivity index (χ3v) is 1.73. The molecule has 7 nitrogen and oxygen atoms in total. The minimum Gasteiger partial charge on any atom is -0.480 e. The quantitative estimate of drug-likeness (QED) is 0.624. The number of esters is 1. The van der Waals surface area contributed by atoms with Crippen molar-refractivity contribution < 1.29 is 24.2 Å². The Kier molecular flexibility index (Phi) is 6.15. The lowest BCUT2D eigenvalue weighted by Crippen LogP contribution is -2.47. The molecule has 0 aliphatic rings. The molecule has 0 rings (SSSR count). The van der Waals surface area contributed by atoms with Gasteiger partial charge in [-0.1, -0.05) is 0 Å². The van der Waals surface area contributed by atoms with Crippen molar-refractivity contribution in [1.82, 2.24) is 10.6 Å². The lowest BCUT2D eigenvalue weighted by Gasteiger charge is -2.21. The molecule has 3 N–H and O–H groups in total. The predicted octanol–water partition coefficient (Wildman–Crippen LogP) is 0.491. The average Bonchev–Trinajstić information content (AvgIpc) is 2.13. The molecule has 0 saturated heterocycles. The van der Waals surface area contributed by atoms with Gasteiger partial charge in [-0.15, -0.1) is 0 Å². The molecule has 0 heterocycles. The normalized spacial score (nSPS) is 12.4. The summed E-state index contributed by atoms with van der Waals surface area (Å²) in [5, 5.41) is 13.5. The minimum absolute atomic E-state index is 0.366. The monoisotopic (exact) mass is 260 g/mol. The van der Waals surface area contributed by atoms with Crippen molar-refractivity contribution in [2.75, 3.05) is 6.54 Å². The second-order valence-electron chi connectivity index (χ2n) is 4.69. The largest absolute Gasteiger partial charge is 0.480 e. The first-order valence-electron chi connectivity index (χ1n) is 5.64. The molecule has 0 unspecified atom stereocenters. The van der Waals surface area contributed by atoms with Gasteiger partial charge < -0.3 is 20.5 Å². The van der Waals surface area contributed by atoms with Gasteiger partial charge in [0.15, 0.2) is 0 Å². The number of carbonyl (C=O) groups excluding carboxylic acids is 2. The van der Waals surface area contributed by atoms with Crippen LogP contribution in [0.4, 0.5) is 4.79 Å². The molecule has 18 heavy (non-hydrogen) atoms. The van der Waals surface area contributed by atoms with Crippen LogP contribution in [0.15, 0.2) is 0 Å². The van der Waals surface area contributed by atoms with E-state index in [1.807, 2.05) is 0 Å². The summed E-state index contributed by atoms with van der Waals surface area (Å²) in [5.74, 6) is -1.96. The number of aliphatic carboxylic acids is 1. The van der Waals surface area contributed by atoms with Crippen LogP contribution in [0.2, 0.25) is 0 Å². The van der Waals surface area contributed by atoms with E-state index in [9.17, 15) is 14.4 Å². The summed E-state index contributed by atoms with van der Waals surface area (Å²) in [6, 6.07) is -1.93. The number of hydrogen-bond donors (Lipinski definition) is 3. The van der Waals surface area contributed by atoms with Crippen LogP contribution >= 0.6 is 0 Å². The number of carboxylic acids is 1. The maximum Gasteiger partial charge on any atom is 0.326 e. The third kappa shape index (κ3) is 7.48. The number of carboxylic acid groups (broad SMARTS) is 1. The Morgan fingerprint density at radius 1 is 1.28 bits per heavy atom. The third-order valence-electron chi connectivity index (χ3n) is 1.73. The molecule has 0 fully saturated rings. The standard InChI is InChI=1S/C11H20N2O5/c1-5-12-10(17)13-7(9(15)16)6-8(14)18-11(2,3)4/h7H,5-6H2,1-4H3,(H,15,16)(H2,12,13,17)/t7-/m0/s1. The Morgan fingerprint density at radius 2 is 1.83 bits per heavy atom. The molecule has 7 heteroatoms. The van der Waals surface area contributed by atoms with E-state index in [4.69, 9.17) is 9.84 Å². The van der Waals surface area contributed by atoms with Crippen molar-refractivity contribution in [2.45, 2.75) is 45.8 Å². The van der Waals surface area contributed by atoms with E-state index in [1.165, 1.54) is 0 Å². The van der Waals surface area contributed by atoms with E-state index in [2.05, 4.69) is 10.6 Å². The first kappa shape index (κ1) is 16.2. The average molecular weight is 260 g/mol. The van der Waals surface area contributed by atoms with Crippen molar-refractivity contribution >= 4 is 18.0 Å². The van der Waals surface area contributed by atoms with Gasteiger partial charge in [0.05, 0.1) is 6.42 Å². The van der Waals surface area contributed by atoms with E-state index in [1.54, 1.807) is 27.7 Å². The van der Waals surface area contributed by atoms with Crippen LogP contribution in [0, 0.1) is 0 Å². The van der Waals surface area contributed by atoms with Crippen LogP contribution in [0.25, 0.3) is 0 Å². The van der Waals surface area contributed by atoms with Crippen molar-refractivity contribution in [3.05, 3.63) is 0 Å². The molecule has 0 radical (unpaired) electrons. The molecular weight excluding hydrogens is 240 g/mol. The molecule has 0 spiro atoms. The summed E-state index contributed by atoms with van der Waals surface area (Å²) in [5.41, 5.74) is -0.689. The van der Waals surface area contributed by atoms with Gasteiger partial charge in [-0.2, -0.15) is 0 Å². The summed E-state index contributed by atoms with van der Waals surface area (Å²) in [6.07, 6.45) is -0.413. The Morgan fingerprint density at radius 3 is 2.22 bits per heavy atom. The van der Waals surface area contributed by atoms with Gasteiger partial charge in [-0.25, -0.2) is 9.59 Å². The Bertz CT molecular complexity index is 322. The van der Waals surface area contributed by atoms with Gasteiger partial charge in [-0.3, -0.25) is 4.79 Å². The van der Waals surface area contributed by atoms with Gasteiger partial charge in [0.25, 0.3) is 0 Å². The molecule has 2 amide bonds. The summed E-state index contributed by atoms with van der Waals surface area (Å²) in [7, 11) is 0. The van der Waals surface area contributed by atoms with Crippen molar-refractivity contribution in [2.24, 2.45) is 0 Å². The number of carbonyl (C=O) groups is 3. The van der Waals surface area contributed by atoms with Crippen molar-refractivity contribution in [3.63, 3.8) is 0 Å². The van der Waals surface area contributed by atoms with E-state index in [0.717, 1.165) is 0 Å². The maximum absolute atomic E-state index is 11.5. The van der Waals surface area contributed by atoms with Gasteiger partial charge in [0, 0.05) is 6.54 Å². The van der Waals surface area contributed by atoms with E-state index in [-0.39, 0.29) is 0 Å². The van der Waals surface area contributed by atoms with Crippen LogP contribution < -0.4 is 10.6 Å².